The van der Waals surface area contributed by atoms with Crippen molar-refractivity contribution in [2.24, 2.45) is 11.8 Å². The van der Waals surface area contributed by atoms with Crippen molar-refractivity contribution in [1.29, 1.82) is 0 Å². The molecule has 0 aromatic rings. The van der Waals surface area contributed by atoms with Gasteiger partial charge in [0.2, 0.25) is 0 Å². The molecule has 2 N–H and O–H groups in total. The fourth-order valence-corrected chi connectivity index (χ4v) is 1.95. The molecule has 0 aliphatic carbocycles. The normalized spacial score (nSPS) is 30.1. The third-order valence-electron chi connectivity index (χ3n) is 2.97. The van der Waals surface area contributed by atoms with Gasteiger partial charge >= 0.3 is 5.97 Å². The maximum atomic E-state index is 10.7. The summed E-state index contributed by atoms with van der Waals surface area (Å²) < 4.78 is 0. The van der Waals surface area contributed by atoms with Gasteiger partial charge in [-0.15, -0.1) is 0 Å². The van der Waals surface area contributed by atoms with Crippen molar-refractivity contribution in [3.05, 3.63) is 0 Å². The third kappa shape index (κ3) is 2.99. The highest BCUT2D eigenvalue weighted by Gasteiger charge is 2.24. The lowest BCUT2D eigenvalue weighted by atomic mass is 9.88. The molecule has 1 aliphatic heterocycles. The lowest BCUT2D eigenvalue weighted by molar-refractivity contribution is -0.139. The average molecular weight is 185 g/mol. The van der Waals surface area contributed by atoms with E-state index in [0.29, 0.717) is 11.8 Å². The van der Waals surface area contributed by atoms with Crippen molar-refractivity contribution in [2.75, 3.05) is 6.54 Å². The van der Waals surface area contributed by atoms with Gasteiger partial charge in [0.05, 0.1) is 0 Å². The van der Waals surface area contributed by atoms with Gasteiger partial charge in [-0.1, -0.05) is 13.8 Å². The molecular weight excluding hydrogens is 166 g/mol. The van der Waals surface area contributed by atoms with Gasteiger partial charge in [-0.3, -0.25) is 4.79 Å². The topological polar surface area (TPSA) is 49.3 Å². The van der Waals surface area contributed by atoms with E-state index in [-0.39, 0.29) is 6.04 Å². The number of carboxylic acids is 1. The van der Waals surface area contributed by atoms with Gasteiger partial charge in [0.15, 0.2) is 0 Å². The number of carbonyl (C=O) groups is 1. The lowest BCUT2D eigenvalue weighted by Crippen LogP contribution is -2.35. The Morgan fingerprint density at radius 1 is 1.38 bits per heavy atom. The Hall–Kier alpha value is -0.570. The summed E-state index contributed by atoms with van der Waals surface area (Å²) in [7, 11) is 0. The van der Waals surface area contributed by atoms with Crippen LogP contribution in [0.15, 0.2) is 0 Å². The highest BCUT2D eigenvalue weighted by Crippen LogP contribution is 2.23. The second-order valence-electron chi connectivity index (χ2n) is 4.22. The van der Waals surface area contributed by atoms with Crippen molar-refractivity contribution in [1.82, 2.24) is 5.32 Å². The fourth-order valence-electron chi connectivity index (χ4n) is 1.95. The van der Waals surface area contributed by atoms with Gasteiger partial charge in [0, 0.05) is 0 Å². The summed E-state index contributed by atoms with van der Waals surface area (Å²) >= 11 is 0. The Kier molecular flexibility index (Phi) is 3.72. The molecule has 0 aromatic carbocycles. The average Bonchev–Trinajstić information content (AvgIpc) is 2.27. The second-order valence-corrected chi connectivity index (χ2v) is 4.22. The van der Waals surface area contributed by atoms with Crippen LogP contribution in [0.2, 0.25) is 0 Å². The van der Waals surface area contributed by atoms with E-state index in [4.69, 9.17) is 5.11 Å². The van der Waals surface area contributed by atoms with Crippen LogP contribution in [0.5, 0.6) is 0 Å². The predicted octanol–water partition coefficient (Wildman–Crippen LogP) is 1.49. The first-order valence-corrected chi connectivity index (χ1v) is 5.07. The van der Waals surface area contributed by atoms with Crippen molar-refractivity contribution in [2.45, 2.75) is 39.2 Å². The van der Waals surface area contributed by atoms with Crippen molar-refractivity contribution in [3.63, 3.8) is 0 Å². The van der Waals surface area contributed by atoms with Crippen LogP contribution >= 0.6 is 0 Å². The van der Waals surface area contributed by atoms with E-state index in [2.05, 4.69) is 19.2 Å². The van der Waals surface area contributed by atoms with Crippen LogP contribution in [0.4, 0.5) is 0 Å². The van der Waals surface area contributed by atoms with Crippen molar-refractivity contribution < 1.29 is 9.90 Å². The van der Waals surface area contributed by atoms with Crippen LogP contribution in [-0.2, 0) is 4.79 Å². The molecule has 0 bridgehead atoms. The van der Waals surface area contributed by atoms with Gasteiger partial charge in [0.1, 0.15) is 6.04 Å². The Balaban J connectivity index is 2.44. The minimum Gasteiger partial charge on any atom is -0.480 e. The molecule has 0 amide bonds. The summed E-state index contributed by atoms with van der Waals surface area (Å²) in [5.74, 6) is 0.663. The van der Waals surface area contributed by atoms with E-state index in [1.807, 2.05) is 0 Å². The number of nitrogens with one attached hydrogen (secondary N) is 1. The van der Waals surface area contributed by atoms with E-state index in [1.54, 1.807) is 0 Å². The molecule has 76 valence electrons. The summed E-state index contributed by atoms with van der Waals surface area (Å²) in [6.45, 7) is 5.28. The largest absolute Gasteiger partial charge is 0.480 e. The van der Waals surface area contributed by atoms with Gasteiger partial charge < -0.3 is 10.4 Å². The molecule has 2 atom stereocenters. The Morgan fingerprint density at radius 3 is 2.62 bits per heavy atom. The Labute approximate surface area is 79.5 Å². The molecule has 13 heavy (non-hydrogen) atoms. The zero-order valence-corrected chi connectivity index (χ0v) is 8.42. The van der Waals surface area contributed by atoms with E-state index in [9.17, 15) is 4.79 Å². The minimum absolute atomic E-state index is 0.316. The molecule has 1 aliphatic rings. The van der Waals surface area contributed by atoms with Crippen molar-refractivity contribution in [3.8, 4) is 0 Å². The maximum absolute atomic E-state index is 10.7. The number of rotatable bonds is 2. The standard InChI is InChI=1S/C10H19NO2/c1-7(2)8-3-4-9(10(12)13)11-6-5-8/h7-9,11H,3-6H2,1-2H3,(H,12,13). The van der Waals surface area contributed by atoms with Crippen LogP contribution in [0, 0.1) is 11.8 Å². The first-order valence-electron chi connectivity index (χ1n) is 5.07. The highest BCUT2D eigenvalue weighted by molar-refractivity contribution is 5.73. The Morgan fingerprint density at radius 2 is 2.08 bits per heavy atom. The highest BCUT2D eigenvalue weighted by atomic mass is 16.4. The smallest absolute Gasteiger partial charge is 0.320 e. The number of carboxylic acid groups (broad SMARTS) is 1. The van der Waals surface area contributed by atoms with Crippen LogP contribution < -0.4 is 5.32 Å². The summed E-state index contributed by atoms with van der Waals surface area (Å²) in [6.07, 6.45) is 2.93. The van der Waals surface area contributed by atoms with Crippen LogP contribution in [-0.4, -0.2) is 23.7 Å². The molecule has 0 saturated carbocycles. The summed E-state index contributed by atoms with van der Waals surface area (Å²) in [6, 6.07) is -0.316. The van der Waals surface area contributed by atoms with E-state index in [1.165, 1.54) is 0 Å². The summed E-state index contributed by atoms with van der Waals surface area (Å²) in [4.78, 5) is 10.7. The predicted molar refractivity (Wildman–Crippen MR) is 51.6 cm³/mol. The molecule has 0 radical (unpaired) electrons. The fraction of sp³-hybridized carbons (Fsp3) is 0.900. The van der Waals surface area contributed by atoms with Crippen LogP contribution in [0.25, 0.3) is 0 Å². The van der Waals surface area contributed by atoms with Crippen LogP contribution in [0.3, 0.4) is 0 Å². The molecule has 3 heteroatoms. The third-order valence-corrected chi connectivity index (χ3v) is 2.97. The Bertz CT molecular complexity index is 180. The molecule has 1 rings (SSSR count). The minimum atomic E-state index is -0.704. The summed E-state index contributed by atoms with van der Waals surface area (Å²) in [5, 5.41) is 11.9. The summed E-state index contributed by atoms with van der Waals surface area (Å²) in [5.41, 5.74) is 0. The van der Waals surface area contributed by atoms with E-state index < -0.39 is 5.97 Å². The number of hydrogen-bond donors (Lipinski definition) is 2. The van der Waals surface area contributed by atoms with Gasteiger partial charge in [0.25, 0.3) is 0 Å². The molecule has 1 heterocycles. The molecule has 0 aromatic heterocycles. The van der Waals surface area contributed by atoms with Gasteiger partial charge in [-0.05, 0) is 37.6 Å². The molecule has 1 fully saturated rings. The molecule has 3 nitrogen and oxygen atoms in total. The van der Waals surface area contributed by atoms with Crippen LogP contribution in [0.1, 0.15) is 33.1 Å². The lowest BCUT2D eigenvalue weighted by Gasteiger charge is -2.17. The second kappa shape index (κ2) is 4.61. The molecule has 1 saturated heterocycles. The first-order chi connectivity index (χ1) is 6.11. The maximum Gasteiger partial charge on any atom is 0.320 e. The monoisotopic (exact) mass is 185 g/mol. The quantitative estimate of drug-likeness (QED) is 0.685. The van der Waals surface area contributed by atoms with Gasteiger partial charge in [-0.2, -0.15) is 0 Å². The number of aliphatic carboxylic acids is 1. The van der Waals surface area contributed by atoms with E-state index >= 15 is 0 Å². The van der Waals surface area contributed by atoms with Crippen molar-refractivity contribution >= 4 is 5.97 Å². The molecular formula is C10H19NO2. The zero-order valence-electron chi connectivity index (χ0n) is 8.42. The first kappa shape index (κ1) is 10.5. The van der Waals surface area contributed by atoms with Gasteiger partial charge in [-0.25, -0.2) is 0 Å². The molecule has 0 spiro atoms. The van der Waals surface area contributed by atoms with E-state index in [0.717, 1.165) is 25.8 Å². The molecule has 2 unspecified atom stereocenters. The SMILES string of the molecule is CC(C)C1CCNC(C(=O)O)CC1. The number of hydrogen-bond acceptors (Lipinski definition) is 2. The zero-order chi connectivity index (χ0) is 9.84.